The van der Waals surface area contributed by atoms with Crippen molar-refractivity contribution in [2.75, 3.05) is 13.2 Å². The van der Waals surface area contributed by atoms with Gasteiger partial charge in [0.05, 0.1) is 24.7 Å². The normalized spacial score (nSPS) is 50.0. The van der Waals surface area contributed by atoms with Crippen LogP contribution in [0.25, 0.3) is 0 Å². The van der Waals surface area contributed by atoms with Gasteiger partial charge in [-0.25, -0.2) is 4.79 Å². The zero-order valence-electron chi connectivity index (χ0n) is 32.3. The van der Waals surface area contributed by atoms with Gasteiger partial charge in [0.1, 0.15) is 66.3 Å². The molecule has 0 aromatic rings. The molecular formula is C40H60O15. The first-order valence-electron chi connectivity index (χ1n) is 19.9. The number of hydrogen-bond donors (Lipinski definition) is 8. The van der Waals surface area contributed by atoms with Crippen LogP contribution in [0.5, 0.6) is 0 Å². The molecule has 0 aromatic carbocycles. The summed E-state index contributed by atoms with van der Waals surface area (Å²) in [6.45, 7) is 8.68. The second-order valence-corrected chi connectivity index (χ2v) is 18.1. The van der Waals surface area contributed by atoms with Crippen LogP contribution in [0.4, 0.5) is 0 Å². The molecule has 310 valence electrons. The molecule has 8 N–H and O–H groups in total. The Morgan fingerprint density at radius 2 is 1.49 bits per heavy atom. The lowest BCUT2D eigenvalue weighted by Gasteiger charge is -2.58. The Balaban J connectivity index is 1.02. The number of hydrogen-bond acceptors (Lipinski definition) is 15. The number of esters is 1. The van der Waals surface area contributed by atoms with Crippen LogP contribution < -0.4 is 0 Å². The molecule has 15 heteroatoms. The molecule has 3 aliphatic heterocycles. The van der Waals surface area contributed by atoms with E-state index >= 15 is 0 Å². The van der Waals surface area contributed by atoms with Crippen LogP contribution >= 0.6 is 0 Å². The molecule has 4 aliphatic carbocycles. The first kappa shape index (κ1) is 41.3. The molecule has 0 radical (unpaired) electrons. The van der Waals surface area contributed by atoms with E-state index in [1.165, 1.54) is 0 Å². The van der Waals surface area contributed by atoms with Crippen molar-refractivity contribution >= 4 is 11.8 Å². The molecule has 7 aliphatic rings. The molecule has 3 saturated carbocycles. The van der Waals surface area contributed by atoms with Gasteiger partial charge in [-0.3, -0.25) is 4.79 Å². The maximum Gasteiger partial charge on any atom is 0.334 e. The average molecular weight is 781 g/mol. The first-order valence-corrected chi connectivity index (χ1v) is 19.9. The summed E-state index contributed by atoms with van der Waals surface area (Å²) in [5.41, 5.74) is 0.398. The van der Waals surface area contributed by atoms with Crippen molar-refractivity contribution in [2.24, 2.45) is 34.5 Å². The molecular weight excluding hydrogens is 720 g/mol. The first-order chi connectivity index (χ1) is 25.8. The van der Waals surface area contributed by atoms with E-state index in [0.29, 0.717) is 18.4 Å². The van der Waals surface area contributed by atoms with Gasteiger partial charge in [0.2, 0.25) is 0 Å². The lowest BCUT2D eigenvalue weighted by atomic mass is 9.46. The van der Waals surface area contributed by atoms with Gasteiger partial charge in [-0.15, -0.1) is 0 Å². The molecule has 7 rings (SSSR count). The van der Waals surface area contributed by atoms with E-state index in [-0.39, 0.29) is 47.3 Å². The van der Waals surface area contributed by atoms with Crippen molar-refractivity contribution < 1.29 is 74.1 Å². The number of aliphatic hydroxyl groups is 8. The van der Waals surface area contributed by atoms with Crippen molar-refractivity contribution in [1.29, 1.82) is 0 Å². The minimum absolute atomic E-state index is 0.0231. The van der Waals surface area contributed by atoms with Crippen molar-refractivity contribution in [3.63, 3.8) is 0 Å². The predicted octanol–water partition coefficient (Wildman–Crippen LogP) is 0.157. The number of aliphatic hydroxyl groups excluding tert-OH is 7. The minimum atomic E-state index is -1.70. The van der Waals surface area contributed by atoms with E-state index in [1.807, 2.05) is 20.8 Å². The minimum Gasteiger partial charge on any atom is -0.456 e. The molecule has 0 unspecified atom stereocenters. The third kappa shape index (κ3) is 6.77. The van der Waals surface area contributed by atoms with Gasteiger partial charge in [-0.05, 0) is 95.3 Å². The fraction of sp³-hybridized carbons (Fsp3) is 0.850. The summed E-state index contributed by atoms with van der Waals surface area (Å²) in [7, 11) is 0. The molecule has 19 atom stereocenters. The van der Waals surface area contributed by atoms with Gasteiger partial charge in [0.25, 0.3) is 0 Å². The summed E-state index contributed by atoms with van der Waals surface area (Å²) in [6.07, 6.45) is -9.42. The zero-order chi connectivity index (χ0) is 39.9. The Kier molecular flexibility index (Phi) is 11.3. The quantitative estimate of drug-likeness (QED) is 0.121. The highest BCUT2D eigenvalue weighted by molar-refractivity contribution is 5.90. The standard InChI is InChI=1S/C40H60O15/c1-17-12-28(55-35(49)18(17)2)40(5,50)26-9-8-22-21-7-6-19-13-20(14-27(42)39(19,4)23(21)10-11-38(22,26)3)52-37-34(48)32(46)30(44)25(54-37)16-51-36-33(47)31(45)29(43)24(15-41)53-36/h6,20-26,28-34,36-37,41,43-48,50H,7-16H2,1-5H3/t20-,21-,22-,23-,24-,25+,26-,28-,29-,30+,31-,32-,33+,34+,36-,37+,38-,39-,40+/m1/s1. The Bertz CT molecular complexity index is 1540. The summed E-state index contributed by atoms with van der Waals surface area (Å²) < 4.78 is 28.8. The average Bonchev–Trinajstić information content (AvgIpc) is 3.51. The van der Waals surface area contributed by atoms with E-state index in [2.05, 4.69) is 13.0 Å². The number of carbonyl (C=O) groups excluding carboxylic acids is 2. The van der Waals surface area contributed by atoms with Crippen molar-refractivity contribution in [3.05, 3.63) is 22.8 Å². The van der Waals surface area contributed by atoms with Gasteiger partial charge < -0.3 is 64.5 Å². The smallest absolute Gasteiger partial charge is 0.334 e. The van der Waals surface area contributed by atoms with Crippen molar-refractivity contribution in [2.45, 2.75) is 165 Å². The molecule has 3 heterocycles. The highest BCUT2D eigenvalue weighted by Crippen LogP contribution is 2.67. The van der Waals surface area contributed by atoms with Crippen LogP contribution in [0.15, 0.2) is 22.8 Å². The number of allylic oxidation sites excluding steroid dienone is 1. The fourth-order valence-electron chi connectivity index (χ4n) is 11.7. The largest absolute Gasteiger partial charge is 0.456 e. The lowest BCUT2D eigenvalue weighted by Crippen LogP contribution is -2.62. The van der Waals surface area contributed by atoms with Crippen LogP contribution in [-0.2, 0) is 33.3 Å². The molecule has 0 spiro atoms. The number of Topliss-reactive ketones (excluding diaryl/α,β-unsaturated/α-hetero) is 1. The SMILES string of the molecule is CC1=C(C)C(=O)O[C@@H]([C@@](C)(O)[C@@H]2CC[C@@H]3[C@H]4CC=C5C[C@@H](O[C@H]6O[C@@H](CO[C@@H]7O[C@H](CO)[C@@H](O)[C@@H](O)[C@@H]7O)[C@H](O)[C@@H](O)[C@@H]6O)CC(=O)[C@@]5(C)[C@@H]4CC[C@]32C)C1. The second-order valence-electron chi connectivity index (χ2n) is 18.1. The lowest BCUT2D eigenvalue weighted by molar-refractivity contribution is -0.336. The zero-order valence-corrected chi connectivity index (χ0v) is 32.3. The number of ether oxygens (including phenoxy) is 5. The van der Waals surface area contributed by atoms with E-state index in [4.69, 9.17) is 23.7 Å². The van der Waals surface area contributed by atoms with Gasteiger partial charge in [0.15, 0.2) is 12.6 Å². The monoisotopic (exact) mass is 780 g/mol. The molecule has 0 amide bonds. The number of cyclic esters (lactones) is 1. The highest BCUT2D eigenvalue weighted by Gasteiger charge is 2.64. The second kappa shape index (κ2) is 15.1. The van der Waals surface area contributed by atoms with Gasteiger partial charge in [0, 0.05) is 18.4 Å². The Morgan fingerprint density at radius 3 is 2.16 bits per heavy atom. The topological polar surface area (TPSA) is 242 Å². The molecule has 15 nitrogen and oxygen atoms in total. The van der Waals surface area contributed by atoms with Crippen LogP contribution in [0.1, 0.15) is 86.0 Å². The third-order valence-corrected chi connectivity index (χ3v) is 15.2. The van der Waals surface area contributed by atoms with Crippen LogP contribution in [0.2, 0.25) is 0 Å². The highest BCUT2D eigenvalue weighted by atomic mass is 16.7. The maximum atomic E-state index is 14.3. The summed E-state index contributed by atoms with van der Waals surface area (Å²) in [5.74, 6) is 0.188. The number of fused-ring (bicyclic) bond motifs is 5. The summed E-state index contributed by atoms with van der Waals surface area (Å²) >= 11 is 0. The summed E-state index contributed by atoms with van der Waals surface area (Å²) in [4.78, 5) is 26.9. The van der Waals surface area contributed by atoms with E-state index in [0.717, 1.165) is 43.3 Å². The predicted molar refractivity (Wildman–Crippen MR) is 190 cm³/mol. The van der Waals surface area contributed by atoms with Crippen molar-refractivity contribution in [1.82, 2.24) is 0 Å². The number of carbonyl (C=O) groups is 2. The van der Waals surface area contributed by atoms with Crippen molar-refractivity contribution in [3.8, 4) is 0 Å². The van der Waals surface area contributed by atoms with Gasteiger partial charge >= 0.3 is 5.97 Å². The summed E-state index contributed by atoms with van der Waals surface area (Å²) in [5, 5.41) is 84.4. The van der Waals surface area contributed by atoms with E-state index in [1.54, 1.807) is 6.92 Å². The van der Waals surface area contributed by atoms with E-state index < -0.39 is 97.8 Å². The Morgan fingerprint density at radius 1 is 0.836 bits per heavy atom. The number of rotatable bonds is 8. The van der Waals surface area contributed by atoms with Gasteiger partial charge in [-0.1, -0.05) is 24.1 Å². The Labute approximate surface area is 321 Å². The van der Waals surface area contributed by atoms with Crippen LogP contribution in [0.3, 0.4) is 0 Å². The third-order valence-electron chi connectivity index (χ3n) is 15.2. The van der Waals surface area contributed by atoms with Gasteiger partial charge in [-0.2, -0.15) is 0 Å². The van der Waals surface area contributed by atoms with E-state index in [9.17, 15) is 50.4 Å². The Hall–Kier alpha value is -1.86. The molecule has 0 bridgehead atoms. The van der Waals surface area contributed by atoms with Crippen LogP contribution in [0, 0.1) is 34.5 Å². The van der Waals surface area contributed by atoms with Crippen LogP contribution in [-0.4, -0.2) is 145 Å². The molecule has 0 aromatic heterocycles. The fourth-order valence-corrected chi connectivity index (χ4v) is 11.7. The molecule has 2 saturated heterocycles. The maximum absolute atomic E-state index is 14.3. The number of ketones is 1. The molecule has 55 heavy (non-hydrogen) atoms. The molecule has 5 fully saturated rings. The summed E-state index contributed by atoms with van der Waals surface area (Å²) in [6, 6.07) is 0.